The second-order valence-electron chi connectivity index (χ2n) is 3.64. The predicted molar refractivity (Wildman–Crippen MR) is 65.3 cm³/mol. The minimum absolute atomic E-state index is 0.616. The van der Waals surface area contributed by atoms with Crippen molar-refractivity contribution in [3.05, 3.63) is 59.9 Å². The summed E-state index contributed by atoms with van der Waals surface area (Å²) in [6.45, 7) is 0.616. The average molecular weight is 227 g/mol. The number of benzene rings is 1. The van der Waals surface area contributed by atoms with Gasteiger partial charge in [0.15, 0.2) is 0 Å². The van der Waals surface area contributed by atoms with Crippen LogP contribution in [-0.2, 0) is 6.42 Å². The Labute approximate surface area is 100 Å². The third kappa shape index (κ3) is 3.41. The Bertz CT molecular complexity index is 465. The highest BCUT2D eigenvalue weighted by Crippen LogP contribution is 2.11. The molecule has 86 valence electrons. The molecule has 1 aromatic heterocycles. The number of pyridine rings is 1. The molecule has 17 heavy (non-hydrogen) atoms. The number of hydrogen-bond acceptors (Lipinski definition) is 3. The summed E-state index contributed by atoms with van der Waals surface area (Å²) in [7, 11) is 0. The fourth-order valence-corrected chi connectivity index (χ4v) is 1.48. The Morgan fingerprint density at radius 2 is 1.76 bits per heavy atom. The summed E-state index contributed by atoms with van der Waals surface area (Å²) in [5, 5.41) is 0. The summed E-state index contributed by atoms with van der Waals surface area (Å²) in [5.74, 6) is 0.782. The highest BCUT2D eigenvalue weighted by Gasteiger charge is 1.96. The molecule has 0 radical (unpaired) electrons. The number of ether oxygens (including phenoxy) is 1. The van der Waals surface area contributed by atoms with Crippen molar-refractivity contribution in [1.29, 1.82) is 0 Å². The van der Waals surface area contributed by atoms with Gasteiger partial charge in [0.05, 0.1) is 6.61 Å². The molecular formula is C14H13NO2. The van der Waals surface area contributed by atoms with Gasteiger partial charge in [-0.25, -0.2) is 0 Å². The van der Waals surface area contributed by atoms with Crippen molar-refractivity contribution in [3.63, 3.8) is 0 Å². The van der Waals surface area contributed by atoms with Crippen molar-refractivity contribution in [2.45, 2.75) is 6.42 Å². The highest BCUT2D eigenvalue weighted by atomic mass is 16.5. The van der Waals surface area contributed by atoms with E-state index in [2.05, 4.69) is 4.98 Å². The molecule has 0 N–H and O–H groups in total. The van der Waals surface area contributed by atoms with Gasteiger partial charge >= 0.3 is 0 Å². The monoisotopic (exact) mass is 227 g/mol. The topological polar surface area (TPSA) is 39.2 Å². The van der Waals surface area contributed by atoms with Gasteiger partial charge in [0.1, 0.15) is 12.0 Å². The molecule has 0 saturated carbocycles. The van der Waals surface area contributed by atoms with E-state index in [-0.39, 0.29) is 0 Å². The van der Waals surface area contributed by atoms with E-state index in [1.165, 1.54) is 5.56 Å². The van der Waals surface area contributed by atoms with Crippen LogP contribution in [0.3, 0.4) is 0 Å². The largest absolute Gasteiger partial charge is 0.493 e. The first kappa shape index (κ1) is 11.3. The number of carbonyl (C=O) groups excluding carboxylic acids is 1. The van der Waals surface area contributed by atoms with Gasteiger partial charge in [0.25, 0.3) is 0 Å². The first-order valence-corrected chi connectivity index (χ1v) is 5.45. The second-order valence-corrected chi connectivity index (χ2v) is 3.64. The Morgan fingerprint density at radius 3 is 2.41 bits per heavy atom. The molecule has 1 heterocycles. The summed E-state index contributed by atoms with van der Waals surface area (Å²) >= 11 is 0. The predicted octanol–water partition coefficient (Wildman–Crippen LogP) is 2.52. The van der Waals surface area contributed by atoms with Crippen LogP contribution in [0.1, 0.15) is 15.9 Å². The minimum atomic E-state index is 0.616. The van der Waals surface area contributed by atoms with Gasteiger partial charge in [-0.15, -0.1) is 0 Å². The van der Waals surface area contributed by atoms with Gasteiger partial charge in [0, 0.05) is 24.4 Å². The van der Waals surface area contributed by atoms with E-state index in [0.717, 1.165) is 18.5 Å². The van der Waals surface area contributed by atoms with Gasteiger partial charge in [0.2, 0.25) is 0 Å². The standard InChI is InChI=1S/C14H13NO2/c16-11-13-1-3-14(4-2-13)17-10-7-12-5-8-15-9-6-12/h1-6,8-9,11H,7,10H2. The maximum Gasteiger partial charge on any atom is 0.150 e. The molecule has 0 spiro atoms. The molecule has 0 aliphatic carbocycles. The quantitative estimate of drug-likeness (QED) is 0.737. The number of nitrogens with zero attached hydrogens (tertiary/aromatic N) is 1. The molecular weight excluding hydrogens is 214 g/mol. The van der Waals surface area contributed by atoms with Crippen molar-refractivity contribution in [3.8, 4) is 5.75 Å². The number of hydrogen-bond donors (Lipinski definition) is 0. The molecule has 0 atom stereocenters. The maximum atomic E-state index is 10.5. The van der Waals surface area contributed by atoms with Crippen molar-refractivity contribution in [2.24, 2.45) is 0 Å². The second kappa shape index (κ2) is 5.80. The van der Waals surface area contributed by atoms with Crippen LogP contribution >= 0.6 is 0 Å². The molecule has 1 aromatic carbocycles. The van der Waals surface area contributed by atoms with Crippen LogP contribution in [0.5, 0.6) is 5.75 Å². The number of aldehydes is 1. The van der Waals surface area contributed by atoms with E-state index in [9.17, 15) is 4.79 Å². The highest BCUT2D eigenvalue weighted by molar-refractivity contribution is 5.74. The van der Waals surface area contributed by atoms with Crippen molar-refractivity contribution in [2.75, 3.05) is 6.61 Å². The van der Waals surface area contributed by atoms with Crippen molar-refractivity contribution < 1.29 is 9.53 Å². The lowest BCUT2D eigenvalue weighted by molar-refractivity contribution is 0.112. The molecule has 0 aliphatic heterocycles. The van der Waals surface area contributed by atoms with Crippen LogP contribution in [0.25, 0.3) is 0 Å². The van der Waals surface area contributed by atoms with E-state index >= 15 is 0 Å². The van der Waals surface area contributed by atoms with Gasteiger partial charge in [-0.3, -0.25) is 9.78 Å². The zero-order valence-electron chi connectivity index (χ0n) is 9.37. The molecule has 0 amide bonds. The summed E-state index contributed by atoms with van der Waals surface area (Å²) in [6, 6.07) is 11.0. The lowest BCUT2D eigenvalue weighted by Gasteiger charge is -2.05. The van der Waals surface area contributed by atoms with Gasteiger partial charge in [-0.1, -0.05) is 0 Å². The summed E-state index contributed by atoms with van der Waals surface area (Å²) in [5.41, 5.74) is 1.86. The zero-order chi connectivity index (χ0) is 11.9. The number of carbonyl (C=O) groups is 1. The molecule has 0 saturated heterocycles. The summed E-state index contributed by atoms with van der Waals surface area (Å²) in [4.78, 5) is 14.4. The van der Waals surface area contributed by atoms with Gasteiger partial charge in [-0.2, -0.15) is 0 Å². The lowest BCUT2D eigenvalue weighted by atomic mass is 10.2. The molecule has 0 bridgehead atoms. The number of aromatic nitrogens is 1. The van der Waals surface area contributed by atoms with E-state index in [4.69, 9.17) is 4.74 Å². The molecule has 0 unspecified atom stereocenters. The van der Waals surface area contributed by atoms with Gasteiger partial charge < -0.3 is 4.74 Å². The molecule has 3 nitrogen and oxygen atoms in total. The van der Waals surface area contributed by atoms with Crippen LogP contribution < -0.4 is 4.74 Å². The molecule has 2 rings (SSSR count). The first-order valence-electron chi connectivity index (χ1n) is 5.45. The van der Waals surface area contributed by atoms with E-state index in [0.29, 0.717) is 12.2 Å². The third-order valence-electron chi connectivity index (χ3n) is 2.43. The maximum absolute atomic E-state index is 10.5. The zero-order valence-corrected chi connectivity index (χ0v) is 9.37. The Balaban J connectivity index is 1.84. The Morgan fingerprint density at radius 1 is 1.06 bits per heavy atom. The van der Waals surface area contributed by atoms with E-state index in [1.807, 2.05) is 12.1 Å². The molecule has 2 aromatic rings. The Hall–Kier alpha value is -2.16. The molecule has 3 heteroatoms. The van der Waals surface area contributed by atoms with Crippen LogP contribution in [-0.4, -0.2) is 17.9 Å². The van der Waals surface area contributed by atoms with Crippen LogP contribution in [0.15, 0.2) is 48.8 Å². The minimum Gasteiger partial charge on any atom is -0.493 e. The summed E-state index contributed by atoms with van der Waals surface area (Å²) < 4.78 is 5.57. The van der Waals surface area contributed by atoms with Crippen molar-refractivity contribution >= 4 is 6.29 Å². The Kier molecular flexibility index (Phi) is 3.86. The molecule has 0 aliphatic rings. The fourth-order valence-electron chi connectivity index (χ4n) is 1.48. The summed E-state index contributed by atoms with van der Waals surface area (Å²) in [6.07, 6.45) is 5.21. The smallest absolute Gasteiger partial charge is 0.150 e. The van der Waals surface area contributed by atoms with E-state index < -0.39 is 0 Å². The van der Waals surface area contributed by atoms with Crippen LogP contribution in [0, 0.1) is 0 Å². The normalized spacial score (nSPS) is 9.88. The van der Waals surface area contributed by atoms with Gasteiger partial charge in [-0.05, 0) is 42.0 Å². The van der Waals surface area contributed by atoms with Crippen molar-refractivity contribution in [1.82, 2.24) is 4.98 Å². The SMILES string of the molecule is O=Cc1ccc(OCCc2ccncc2)cc1. The fraction of sp³-hybridized carbons (Fsp3) is 0.143. The van der Waals surface area contributed by atoms with E-state index in [1.54, 1.807) is 36.7 Å². The molecule has 0 fully saturated rings. The van der Waals surface area contributed by atoms with Crippen LogP contribution in [0.2, 0.25) is 0 Å². The number of rotatable bonds is 5. The lowest BCUT2D eigenvalue weighted by Crippen LogP contribution is -2.01. The first-order chi connectivity index (χ1) is 8.38. The average Bonchev–Trinajstić information content (AvgIpc) is 2.41. The van der Waals surface area contributed by atoms with Crippen LogP contribution in [0.4, 0.5) is 0 Å². The third-order valence-corrected chi connectivity index (χ3v) is 2.43.